The van der Waals surface area contributed by atoms with Gasteiger partial charge in [0, 0.05) is 23.3 Å². The van der Waals surface area contributed by atoms with Gasteiger partial charge in [-0.3, -0.25) is 14.9 Å². The van der Waals surface area contributed by atoms with Gasteiger partial charge in [0.15, 0.2) is 0 Å². The molecule has 3 rings (SSSR count). The second-order valence-electron chi connectivity index (χ2n) is 7.26. The predicted molar refractivity (Wildman–Crippen MR) is 121 cm³/mol. The average Bonchev–Trinajstić information content (AvgIpc) is 2.79. The SMILES string of the molecule is COc1ccc(C)cc1C(C)NC(=O)c1ccc(OS(=O)(=O)c2cccc([N+](=O)[O-])c2)cc1. The normalized spacial score (nSPS) is 12.0. The van der Waals surface area contributed by atoms with Crippen LogP contribution >= 0.6 is 0 Å². The van der Waals surface area contributed by atoms with Gasteiger partial charge in [0.2, 0.25) is 0 Å². The van der Waals surface area contributed by atoms with Crippen LogP contribution in [0.4, 0.5) is 5.69 Å². The molecule has 0 bridgehead atoms. The van der Waals surface area contributed by atoms with Crippen molar-refractivity contribution in [3.05, 3.63) is 93.5 Å². The molecular formula is C23H22N2O7S. The number of hydrogen-bond donors (Lipinski definition) is 1. The topological polar surface area (TPSA) is 125 Å². The van der Waals surface area contributed by atoms with E-state index in [0.717, 1.165) is 17.2 Å². The Hall–Kier alpha value is -3.92. The monoisotopic (exact) mass is 470 g/mol. The van der Waals surface area contributed by atoms with Gasteiger partial charge in [-0.15, -0.1) is 0 Å². The van der Waals surface area contributed by atoms with E-state index in [0.29, 0.717) is 11.3 Å². The van der Waals surface area contributed by atoms with Crippen molar-refractivity contribution in [2.75, 3.05) is 7.11 Å². The number of benzene rings is 3. The van der Waals surface area contributed by atoms with Crippen LogP contribution in [0, 0.1) is 17.0 Å². The molecule has 0 spiro atoms. The fraction of sp³-hybridized carbons (Fsp3) is 0.174. The zero-order chi connectivity index (χ0) is 24.2. The second-order valence-corrected chi connectivity index (χ2v) is 8.80. The van der Waals surface area contributed by atoms with E-state index >= 15 is 0 Å². The number of methoxy groups -OCH3 is 1. The molecule has 0 saturated carbocycles. The van der Waals surface area contributed by atoms with Gasteiger partial charge in [0.05, 0.1) is 18.1 Å². The molecule has 1 amide bonds. The number of amides is 1. The molecule has 0 fully saturated rings. The van der Waals surface area contributed by atoms with Crippen LogP contribution < -0.4 is 14.2 Å². The van der Waals surface area contributed by atoms with Crippen LogP contribution in [0.3, 0.4) is 0 Å². The van der Waals surface area contributed by atoms with Crippen molar-refractivity contribution in [2.24, 2.45) is 0 Å². The molecule has 0 saturated heterocycles. The molecule has 1 N–H and O–H groups in total. The van der Waals surface area contributed by atoms with E-state index in [1.165, 1.54) is 42.5 Å². The predicted octanol–water partition coefficient (Wildman–Crippen LogP) is 4.17. The summed E-state index contributed by atoms with van der Waals surface area (Å²) in [6.07, 6.45) is 0. The number of carbonyl (C=O) groups excluding carboxylic acids is 1. The molecule has 0 radical (unpaired) electrons. The van der Waals surface area contributed by atoms with Crippen LogP contribution in [0.25, 0.3) is 0 Å². The Morgan fingerprint density at radius 1 is 1.06 bits per heavy atom. The van der Waals surface area contributed by atoms with Crippen LogP contribution in [-0.4, -0.2) is 26.4 Å². The molecule has 1 atom stereocenters. The van der Waals surface area contributed by atoms with Crippen molar-refractivity contribution in [3.63, 3.8) is 0 Å². The Balaban J connectivity index is 1.72. The summed E-state index contributed by atoms with van der Waals surface area (Å²) in [6.45, 7) is 3.77. The molecule has 3 aromatic rings. The van der Waals surface area contributed by atoms with Crippen LogP contribution in [0.2, 0.25) is 0 Å². The summed E-state index contributed by atoms with van der Waals surface area (Å²) in [6, 6.07) is 15.4. The number of ether oxygens (including phenoxy) is 1. The van der Waals surface area contributed by atoms with E-state index in [4.69, 9.17) is 8.92 Å². The third-order valence-electron chi connectivity index (χ3n) is 4.84. The van der Waals surface area contributed by atoms with E-state index in [2.05, 4.69) is 5.32 Å². The minimum absolute atomic E-state index is 0.0357. The smallest absolute Gasteiger partial charge is 0.339 e. The first-order chi connectivity index (χ1) is 15.6. The van der Waals surface area contributed by atoms with Gasteiger partial charge in [-0.1, -0.05) is 23.8 Å². The Labute approximate surface area is 191 Å². The Morgan fingerprint density at radius 3 is 2.39 bits per heavy atom. The maximum absolute atomic E-state index is 12.7. The number of nitro benzene ring substituents is 1. The van der Waals surface area contributed by atoms with Crippen LogP contribution in [0.5, 0.6) is 11.5 Å². The molecule has 0 aliphatic heterocycles. The van der Waals surface area contributed by atoms with Crippen molar-refractivity contribution in [2.45, 2.75) is 24.8 Å². The molecule has 0 heterocycles. The summed E-state index contributed by atoms with van der Waals surface area (Å²) in [5.41, 5.74) is 1.78. The first-order valence-electron chi connectivity index (χ1n) is 9.85. The lowest BCUT2D eigenvalue weighted by molar-refractivity contribution is -0.385. The van der Waals surface area contributed by atoms with Gasteiger partial charge in [0.1, 0.15) is 16.4 Å². The number of nitro groups is 1. The fourth-order valence-corrected chi connectivity index (χ4v) is 4.11. The van der Waals surface area contributed by atoms with Crippen molar-refractivity contribution in [1.82, 2.24) is 5.32 Å². The van der Waals surface area contributed by atoms with E-state index in [1.807, 2.05) is 32.0 Å². The Kier molecular flexibility index (Phi) is 6.98. The first-order valence-corrected chi connectivity index (χ1v) is 11.3. The lowest BCUT2D eigenvalue weighted by Crippen LogP contribution is -2.27. The largest absolute Gasteiger partial charge is 0.496 e. The third-order valence-corrected chi connectivity index (χ3v) is 6.08. The minimum atomic E-state index is -4.29. The van der Waals surface area contributed by atoms with Crippen LogP contribution in [0.15, 0.2) is 71.6 Å². The first kappa shape index (κ1) is 23.7. The highest BCUT2D eigenvalue weighted by molar-refractivity contribution is 7.87. The maximum atomic E-state index is 12.7. The lowest BCUT2D eigenvalue weighted by atomic mass is 10.0. The maximum Gasteiger partial charge on any atom is 0.339 e. The summed E-state index contributed by atoms with van der Waals surface area (Å²) in [5, 5.41) is 13.8. The summed E-state index contributed by atoms with van der Waals surface area (Å²) >= 11 is 0. The van der Waals surface area contributed by atoms with E-state index < -0.39 is 15.0 Å². The van der Waals surface area contributed by atoms with Crippen molar-refractivity contribution < 1.29 is 27.1 Å². The van der Waals surface area contributed by atoms with Crippen molar-refractivity contribution in [1.29, 1.82) is 0 Å². The average molecular weight is 471 g/mol. The number of nitrogens with one attached hydrogen (secondary N) is 1. The molecule has 0 aromatic heterocycles. The number of aryl methyl sites for hydroxylation is 1. The summed E-state index contributed by atoms with van der Waals surface area (Å²) in [5.74, 6) is 0.258. The highest BCUT2D eigenvalue weighted by atomic mass is 32.2. The Bertz CT molecular complexity index is 1290. The molecule has 1 unspecified atom stereocenters. The zero-order valence-electron chi connectivity index (χ0n) is 18.1. The fourth-order valence-electron chi connectivity index (χ4n) is 3.14. The number of hydrogen-bond acceptors (Lipinski definition) is 7. The quantitative estimate of drug-likeness (QED) is 0.297. The van der Waals surface area contributed by atoms with E-state index in [9.17, 15) is 23.3 Å². The number of carbonyl (C=O) groups is 1. The molecule has 172 valence electrons. The third kappa shape index (κ3) is 5.66. The van der Waals surface area contributed by atoms with Gasteiger partial charge >= 0.3 is 10.1 Å². The van der Waals surface area contributed by atoms with Gasteiger partial charge in [-0.2, -0.15) is 8.42 Å². The van der Waals surface area contributed by atoms with Crippen LogP contribution in [-0.2, 0) is 10.1 Å². The lowest BCUT2D eigenvalue weighted by Gasteiger charge is -2.18. The molecular weight excluding hydrogens is 448 g/mol. The molecule has 10 heteroatoms. The highest BCUT2D eigenvalue weighted by Gasteiger charge is 2.20. The summed E-state index contributed by atoms with van der Waals surface area (Å²) in [4.78, 5) is 22.5. The van der Waals surface area contributed by atoms with Gasteiger partial charge in [-0.25, -0.2) is 0 Å². The number of rotatable bonds is 8. The molecule has 0 aliphatic carbocycles. The Morgan fingerprint density at radius 2 is 1.76 bits per heavy atom. The van der Waals surface area contributed by atoms with E-state index in [-0.39, 0.29) is 28.3 Å². The second kappa shape index (κ2) is 9.70. The molecule has 0 aliphatic rings. The number of nitrogens with zero attached hydrogens (tertiary/aromatic N) is 1. The zero-order valence-corrected chi connectivity index (χ0v) is 19.0. The summed E-state index contributed by atoms with van der Waals surface area (Å²) < 4.78 is 35.3. The van der Waals surface area contributed by atoms with Crippen LogP contribution in [0.1, 0.15) is 34.5 Å². The molecule has 33 heavy (non-hydrogen) atoms. The minimum Gasteiger partial charge on any atom is -0.496 e. The summed E-state index contributed by atoms with van der Waals surface area (Å²) in [7, 11) is -2.73. The van der Waals surface area contributed by atoms with E-state index in [1.54, 1.807) is 7.11 Å². The molecule has 9 nitrogen and oxygen atoms in total. The van der Waals surface area contributed by atoms with Gasteiger partial charge in [-0.05, 0) is 50.2 Å². The number of non-ortho nitro benzene ring substituents is 1. The highest BCUT2D eigenvalue weighted by Crippen LogP contribution is 2.27. The molecule has 3 aromatic carbocycles. The van der Waals surface area contributed by atoms with Gasteiger partial charge < -0.3 is 14.2 Å². The standard InChI is InChI=1S/C23H22N2O7S/c1-15-7-12-22(31-3)21(13-15)16(2)24-23(26)17-8-10-19(11-9-17)32-33(29,30)20-6-4-5-18(14-20)25(27)28/h4-14,16H,1-3H3,(H,24,26). The van der Waals surface area contributed by atoms with Crippen molar-refractivity contribution >= 4 is 21.7 Å². The van der Waals surface area contributed by atoms with Gasteiger partial charge in [0.25, 0.3) is 11.6 Å². The van der Waals surface area contributed by atoms with Crippen molar-refractivity contribution in [3.8, 4) is 11.5 Å².